The zero-order valence-electron chi connectivity index (χ0n) is 10.4. The van der Waals surface area contributed by atoms with Crippen LogP contribution in [0.25, 0.3) is 0 Å². The van der Waals surface area contributed by atoms with Crippen LogP contribution in [-0.4, -0.2) is 7.11 Å². The van der Waals surface area contributed by atoms with Crippen molar-refractivity contribution in [2.24, 2.45) is 0 Å². The third-order valence-corrected chi connectivity index (χ3v) is 2.57. The van der Waals surface area contributed by atoms with Gasteiger partial charge in [-0.25, -0.2) is 8.78 Å². The number of hydrogen-bond donors (Lipinski definition) is 2. The van der Waals surface area contributed by atoms with Gasteiger partial charge in [-0.1, -0.05) is 12.1 Å². The van der Waals surface area contributed by atoms with Crippen LogP contribution in [0.4, 0.5) is 25.8 Å². The molecule has 0 heterocycles. The lowest BCUT2D eigenvalue weighted by Gasteiger charge is -2.10. The van der Waals surface area contributed by atoms with E-state index >= 15 is 0 Å². The third kappa shape index (κ3) is 3.20. The van der Waals surface area contributed by atoms with E-state index in [4.69, 9.17) is 10.5 Å². The van der Waals surface area contributed by atoms with E-state index < -0.39 is 11.6 Å². The van der Waals surface area contributed by atoms with Crippen LogP contribution >= 0.6 is 0 Å². The summed E-state index contributed by atoms with van der Waals surface area (Å²) in [4.78, 5) is 0. The largest absolute Gasteiger partial charge is 0.399 e. The van der Waals surface area contributed by atoms with Crippen molar-refractivity contribution >= 4 is 17.1 Å². The molecule has 3 N–H and O–H groups in total. The van der Waals surface area contributed by atoms with Gasteiger partial charge in [0.05, 0.1) is 6.61 Å². The van der Waals surface area contributed by atoms with E-state index in [0.717, 1.165) is 17.7 Å². The first-order valence-corrected chi connectivity index (χ1v) is 5.69. The predicted molar refractivity (Wildman–Crippen MR) is 71.2 cm³/mol. The Hall–Kier alpha value is -2.14. The van der Waals surface area contributed by atoms with E-state index in [0.29, 0.717) is 12.3 Å². The molecule has 0 radical (unpaired) electrons. The molecular formula is C14H14F2N2O. The second kappa shape index (κ2) is 5.67. The third-order valence-electron chi connectivity index (χ3n) is 2.57. The summed E-state index contributed by atoms with van der Waals surface area (Å²) in [5.74, 6) is -1.45. The molecule has 0 aliphatic heterocycles. The van der Waals surface area contributed by atoms with Crippen LogP contribution < -0.4 is 11.1 Å². The van der Waals surface area contributed by atoms with Crippen molar-refractivity contribution in [3.8, 4) is 0 Å². The molecule has 0 aliphatic rings. The summed E-state index contributed by atoms with van der Waals surface area (Å²) in [5.41, 5.74) is 6.68. The zero-order valence-corrected chi connectivity index (χ0v) is 10.4. The number of anilines is 3. The number of hydrogen-bond acceptors (Lipinski definition) is 3. The molecule has 2 aromatic rings. The second-order valence-corrected chi connectivity index (χ2v) is 4.12. The number of benzene rings is 2. The summed E-state index contributed by atoms with van der Waals surface area (Å²) in [6.45, 7) is 0.433. The Bertz CT molecular complexity index is 564. The SMILES string of the molecule is COCc1cccc(Nc2c(F)cc(N)cc2F)c1. The summed E-state index contributed by atoms with van der Waals surface area (Å²) in [6.07, 6.45) is 0. The molecule has 0 atom stereocenters. The Morgan fingerprint density at radius 1 is 1.16 bits per heavy atom. The number of ether oxygens (including phenoxy) is 1. The number of rotatable bonds is 4. The molecule has 0 saturated heterocycles. The van der Waals surface area contributed by atoms with Gasteiger partial charge in [0.2, 0.25) is 0 Å². The number of nitrogen functional groups attached to an aromatic ring is 1. The number of methoxy groups -OCH3 is 1. The van der Waals surface area contributed by atoms with Crippen molar-refractivity contribution in [3.05, 3.63) is 53.6 Å². The molecule has 0 aliphatic carbocycles. The van der Waals surface area contributed by atoms with E-state index in [1.165, 1.54) is 0 Å². The van der Waals surface area contributed by atoms with Gasteiger partial charge >= 0.3 is 0 Å². The molecule has 0 bridgehead atoms. The van der Waals surface area contributed by atoms with Gasteiger partial charge in [0.15, 0.2) is 11.6 Å². The maximum absolute atomic E-state index is 13.6. The van der Waals surface area contributed by atoms with Crippen LogP contribution in [0.1, 0.15) is 5.56 Å². The van der Waals surface area contributed by atoms with Gasteiger partial charge in [0.25, 0.3) is 0 Å². The highest BCUT2D eigenvalue weighted by atomic mass is 19.1. The molecule has 3 nitrogen and oxygen atoms in total. The Morgan fingerprint density at radius 3 is 2.47 bits per heavy atom. The smallest absolute Gasteiger partial charge is 0.151 e. The van der Waals surface area contributed by atoms with Gasteiger partial charge in [-0.05, 0) is 29.8 Å². The van der Waals surface area contributed by atoms with Crippen LogP contribution in [-0.2, 0) is 11.3 Å². The molecule has 0 aromatic heterocycles. The summed E-state index contributed by atoms with van der Waals surface area (Å²) in [7, 11) is 1.58. The van der Waals surface area contributed by atoms with Crippen molar-refractivity contribution < 1.29 is 13.5 Å². The van der Waals surface area contributed by atoms with Crippen LogP contribution in [0.2, 0.25) is 0 Å². The molecule has 0 saturated carbocycles. The van der Waals surface area contributed by atoms with Crippen LogP contribution in [0.3, 0.4) is 0 Å². The fourth-order valence-electron chi connectivity index (χ4n) is 1.76. The van der Waals surface area contributed by atoms with Gasteiger partial charge in [0, 0.05) is 18.5 Å². The maximum Gasteiger partial charge on any atom is 0.151 e. The van der Waals surface area contributed by atoms with Crippen molar-refractivity contribution in [2.75, 3.05) is 18.2 Å². The normalized spacial score (nSPS) is 10.5. The molecule has 100 valence electrons. The quantitative estimate of drug-likeness (QED) is 0.832. The van der Waals surface area contributed by atoms with E-state index in [-0.39, 0.29) is 11.4 Å². The van der Waals surface area contributed by atoms with Gasteiger partial charge in [-0.3, -0.25) is 0 Å². The van der Waals surface area contributed by atoms with Gasteiger partial charge in [0.1, 0.15) is 5.69 Å². The Morgan fingerprint density at radius 2 is 1.84 bits per heavy atom. The van der Waals surface area contributed by atoms with E-state index in [9.17, 15) is 8.78 Å². The fourth-order valence-corrected chi connectivity index (χ4v) is 1.76. The molecule has 2 rings (SSSR count). The summed E-state index contributed by atoms with van der Waals surface area (Å²) >= 11 is 0. The highest BCUT2D eigenvalue weighted by molar-refractivity contribution is 5.63. The maximum atomic E-state index is 13.6. The van der Waals surface area contributed by atoms with E-state index in [1.54, 1.807) is 25.3 Å². The number of nitrogens with one attached hydrogen (secondary N) is 1. The average molecular weight is 264 g/mol. The summed E-state index contributed by atoms with van der Waals surface area (Å²) < 4.78 is 32.3. The first-order chi connectivity index (χ1) is 9.10. The summed E-state index contributed by atoms with van der Waals surface area (Å²) in [5, 5.41) is 2.71. The monoisotopic (exact) mass is 264 g/mol. The topological polar surface area (TPSA) is 47.3 Å². The van der Waals surface area contributed by atoms with E-state index in [1.807, 2.05) is 6.07 Å². The molecular weight excluding hydrogens is 250 g/mol. The molecule has 5 heteroatoms. The van der Waals surface area contributed by atoms with Crippen molar-refractivity contribution in [1.29, 1.82) is 0 Å². The molecule has 19 heavy (non-hydrogen) atoms. The minimum absolute atomic E-state index is 0.0497. The lowest BCUT2D eigenvalue weighted by molar-refractivity contribution is 0.185. The molecule has 0 unspecified atom stereocenters. The van der Waals surface area contributed by atoms with Gasteiger partial charge in [-0.15, -0.1) is 0 Å². The van der Waals surface area contributed by atoms with Crippen molar-refractivity contribution in [3.63, 3.8) is 0 Å². The highest BCUT2D eigenvalue weighted by Crippen LogP contribution is 2.26. The molecule has 0 amide bonds. The number of nitrogens with two attached hydrogens (primary N) is 1. The Kier molecular flexibility index (Phi) is 3.97. The first-order valence-electron chi connectivity index (χ1n) is 5.69. The minimum Gasteiger partial charge on any atom is -0.399 e. The Balaban J connectivity index is 2.28. The minimum atomic E-state index is -0.727. The van der Waals surface area contributed by atoms with E-state index in [2.05, 4.69) is 5.32 Å². The lowest BCUT2D eigenvalue weighted by atomic mass is 10.2. The van der Waals surface area contributed by atoms with Crippen LogP contribution in [0.5, 0.6) is 0 Å². The lowest BCUT2D eigenvalue weighted by Crippen LogP contribution is -2.00. The average Bonchev–Trinajstić information content (AvgIpc) is 2.35. The molecule has 0 fully saturated rings. The first kappa shape index (κ1) is 13.3. The van der Waals surface area contributed by atoms with Gasteiger partial charge < -0.3 is 15.8 Å². The fraction of sp³-hybridized carbons (Fsp3) is 0.143. The van der Waals surface area contributed by atoms with Crippen LogP contribution in [0.15, 0.2) is 36.4 Å². The second-order valence-electron chi connectivity index (χ2n) is 4.12. The Labute approximate surface area is 110 Å². The summed E-state index contributed by atoms with van der Waals surface area (Å²) in [6, 6.07) is 9.27. The van der Waals surface area contributed by atoms with Crippen molar-refractivity contribution in [2.45, 2.75) is 6.61 Å². The predicted octanol–water partition coefficient (Wildman–Crippen LogP) is 3.44. The highest BCUT2D eigenvalue weighted by Gasteiger charge is 2.10. The standard InChI is InChI=1S/C14H14F2N2O/c1-19-8-9-3-2-4-11(5-9)18-14-12(15)6-10(17)7-13(14)16/h2-7,18H,8,17H2,1H3. The molecule has 2 aromatic carbocycles. The van der Waals surface area contributed by atoms with Crippen LogP contribution in [0, 0.1) is 11.6 Å². The van der Waals surface area contributed by atoms with Gasteiger partial charge in [-0.2, -0.15) is 0 Å². The van der Waals surface area contributed by atoms with Crippen molar-refractivity contribution in [1.82, 2.24) is 0 Å². The molecule has 0 spiro atoms. The zero-order chi connectivity index (χ0) is 13.8. The number of halogens is 2.